The number of nitrogens with one attached hydrogen (secondary N) is 1. The highest BCUT2D eigenvalue weighted by Crippen LogP contribution is 2.27. The number of nitriles is 1. The molecule has 2 unspecified atom stereocenters. The number of likely N-dealkylation sites (N-methyl/N-ethyl adjacent to an activating group) is 1. The van der Waals surface area contributed by atoms with Gasteiger partial charge in [0, 0.05) is 19.6 Å². The molecule has 1 aromatic rings. The van der Waals surface area contributed by atoms with Gasteiger partial charge in [-0.3, -0.25) is 9.69 Å². The highest BCUT2D eigenvalue weighted by Gasteiger charge is 2.34. The lowest BCUT2D eigenvalue weighted by Gasteiger charge is -2.39. The molecule has 2 atom stereocenters. The minimum absolute atomic E-state index is 0.0661. The third kappa shape index (κ3) is 3.16. The zero-order valence-corrected chi connectivity index (χ0v) is 11.6. The summed E-state index contributed by atoms with van der Waals surface area (Å²) < 4.78 is 5.41. The fourth-order valence-electron chi connectivity index (χ4n) is 2.57. The quantitative estimate of drug-likeness (QED) is 0.892. The van der Waals surface area contributed by atoms with Crippen molar-refractivity contribution in [1.29, 1.82) is 5.26 Å². The summed E-state index contributed by atoms with van der Waals surface area (Å²) >= 11 is 0. The molecule has 0 saturated carbocycles. The molecule has 1 heterocycles. The van der Waals surface area contributed by atoms with Crippen molar-refractivity contribution in [1.82, 2.24) is 10.2 Å². The van der Waals surface area contributed by atoms with Crippen LogP contribution < -0.4 is 5.32 Å². The maximum Gasteiger partial charge on any atom is 0.239 e. The Bertz CT molecular complexity index is 484. The van der Waals surface area contributed by atoms with Crippen LogP contribution >= 0.6 is 0 Å². The van der Waals surface area contributed by atoms with Gasteiger partial charge in [0.1, 0.15) is 6.04 Å². The van der Waals surface area contributed by atoms with Crippen molar-refractivity contribution in [3.63, 3.8) is 0 Å². The van der Waals surface area contributed by atoms with E-state index in [0.29, 0.717) is 26.2 Å². The predicted molar refractivity (Wildman–Crippen MR) is 74.8 cm³/mol. The summed E-state index contributed by atoms with van der Waals surface area (Å²) in [7, 11) is 1.62. The van der Waals surface area contributed by atoms with Crippen LogP contribution in [-0.4, -0.2) is 43.7 Å². The predicted octanol–water partition coefficient (Wildman–Crippen LogP) is 1.09. The Labute approximate surface area is 119 Å². The lowest BCUT2D eigenvalue weighted by atomic mass is 9.99. The van der Waals surface area contributed by atoms with Crippen LogP contribution in [0.5, 0.6) is 0 Å². The lowest BCUT2D eigenvalue weighted by molar-refractivity contribution is -0.134. The Hall–Kier alpha value is -1.90. The van der Waals surface area contributed by atoms with E-state index < -0.39 is 0 Å². The van der Waals surface area contributed by atoms with Crippen molar-refractivity contribution >= 4 is 5.91 Å². The average Bonchev–Trinajstić information content (AvgIpc) is 2.53. The molecule has 1 aliphatic heterocycles. The minimum atomic E-state index is -0.340. The molecule has 0 spiro atoms. The third-order valence-corrected chi connectivity index (χ3v) is 3.59. The Kier molecular flexibility index (Phi) is 5.10. The van der Waals surface area contributed by atoms with Crippen LogP contribution in [-0.2, 0) is 9.53 Å². The summed E-state index contributed by atoms with van der Waals surface area (Å²) in [5.41, 5.74) is 1.06. The smallest absolute Gasteiger partial charge is 0.239 e. The van der Waals surface area contributed by atoms with Gasteiger partial charge in [-0.25, -0.2) is 0 Å². The van der Waals surface area contributed by atoms with Crippen molar-refractivity contribution in [2.75, 3.05) is 26.8 Å². The number of nitrogens with zero attached hydrogens (tertiary/aromatic N) is 2. The van der Waals surface area contributed by atoms with E-state index in [9.17, 15) is 4.79 Å². The molecular weight excluding hydrogens is 254 g/mol. The molecule has 1 aromatic carbocycles. The van der Waals surface area contributed by atoms with Crippen molar-refractivity contribution in [2.45, 2.75) is 18.5 Å². The first-order valence-corrected chi connectivity index (χ1v) is 6.75. The highest BCUT2D eigenvalue weighted by atomic mass is 16.5. The van der Waals surface area contributed by atoms with Gasteiger partial charge in [0.2, 0.25) is 5.91 Å². The van der Waals surface area contributed by atoms with Crippen molar-refractivity contribution < 1.29 is 9.53 Å². The van der Waals surface area contributed by atoms with E-state index >= 15 is 0 Å². The second-order valence-corrected chi connectivity index (χ2v) is 4.73. The summed E-state index contributed by atoms with van der Waals surface area (Å²) in [6, 6.07) is 11.7. The number of benzene rings is 1. The van der Waals surface area contributed by atoms with E-state index in [0.717, 1.165) is 5.56 Å². The molecule has 1 fully saturated rings. The van der Waals surface area contributed by atoms with E-state index in [2.05, 4.69) is 16.3 Å². The first-order chi connectivity index (χ1) is 9.77. The maximum atomic E-state index is 12.0. The number of morpholine rings is 1. The summed E-state index contributed by atoms with van der Waals surface area (Å²) in [6.45, 7) is 1.61. The van der Waals surface area contributed by atoms with Crippen LogP contribution in [0.15, 0.2) is 30.3 Å². The van der Waals surface area contributed by atoms with Crippen LogP contribution in [0.1, 0.15) is 18.0 Å². The number of carbonyl (C=O) groups is 1. The summed E-state index contributed by atoms with van der Waals surface area (Å²) in [5, 5.41) is 11.8. The Morgan fingerprint density at radius 2 is 2.30 bits per heavy atom. The summed E-state index contributed by atoms with van der Waals surface area (Å²) in [5.74, 6) is -0.0661. The van der Waals surface area contributed by atoms with Gasteiger partial charge >= 0.3 is 0 Å². The van der Waals surface area contributed by atoms with Crippen LogP contribution in [0.25, 0.3) is 0 Å². The van der Waals surface area contributed by atoms with Crippen LogP contribution in [0.2, 0.25) is 0 Å². The first kappa shape index (κ1) is 14.5. The average molecular weight is 273 g/mol. The molecule has 1 N–H and O–H groups in total. The molecule has 1 amide bonds. The molecule has 0 radical (unpaired) electrons. The molecule has 0 aromatic heterocycles. The summed E-state index contributed by atoms with van der Waals surface area (Å²) in [6.07, 6.45) is 0.359. The largest absolute Gasteiger partial charge is 0.378 e. The molecule has 1 aliphatic rings. The molecule has 5 heteroatoms. The van der Waals surface area contributed by atoms with Gasteiger partial charge in [0.25, 0.3) is 0 Å². The zero-order valence-electron chi connectivity index (χ0n) is 11.6. The number of rotatable bonds is 4. The first-order valence-electron chi connectivity index (χ1n) is 6.75. The van der Waals surface area contributed by atoms with Gasteiger partial charge in [-0.05, 0) is 5.56 Å². The summed E-state index contributed by atoms with van der Waals surface area (Å²) in [4.78, 5) is 14.1. The van der Waals surface area contributed by atoms with Gasteiger partial charge in [0.05, 0.1) is 25.7 Å². The fourth-order valence-corrected chi connectivity index (χ4v) is 2.57. The number of hydrogen-bond donors (Lipinski definition) is 1. The van der Waals surface area contributed by atoms with Crippen LogP contribution in [0.3, 0.4) is 0 Å². The SMILES string of the molecule is CNC(=O)C1COCCN1C(CC#N)c1ccccc1. The van der Waals surface area contributed by atoms with Crippen LogP contribution in [0, 0.1) is 11.3 Å². The van der Waals surface area contributed by atoms with Crippen molar-refractivity contribution in [3.8, 4) is 6.07 Å². The van der Waals surface area contributed by atoms with E-state index in [1.165, 1.54) is 0 Å². The fraction of sp³-hybridized carbons (Fsp3) is 0.467. The van der Waals surface area contributed by atoms with E-state index in [1.807, 2.05) is 30.3 Å². The maximum absolute atomic E-state index is 12.0. The van der Waals surface area contributed by atoms with Gasteiger partial charge in [-0.2, -0.15) is 5.26 Å². The van der Waals surface area contributed by atoms with Gasteiger partial charge < -0.3 is 10.1 Å². The Balaban J connectivity index is 2.27. The lowest BCUT2D eigenvalue weighted by Crippen LogP contribution is -2.54. The van der Waals surface area contributed by atoms with Crippen LogP contribution in [0.4, 0.5) is 0 Å². The molecule has 20 heavy (non-hydrogen) atoms. The van der Waals surface area contributed by atoms with Gasteiger partial charge in [0.15, 0.2) is 0 Å². The second-order valence-electron chi connectivity index (χ2n) is 4.73. The monoisotopic (exact) mass is 273 g/mol. The second kappa shape index (κ2) is 7.04. The van der Waals surface area contributed by atoms with Crippen molar-refractivity contribution in [2.24, 2.45) is 0 Å². The minimum Gasteiger partial charge on any atom is -0.378 e. The number of carbonyl (C=O) groups excluding carboxylic acids is 1. The van der Waals surface area contributed by atoms with Gasteiger partial charge in [-0.15, -0.1) is 0 Å². The third-order valence-electron chi connectivity index (χ3n) is 3.59. The zero-order chi connectivity index (χ0) is 14.4. The Morgan fingerprint density at radius 3 is 2.95 bits per heavy atom. The van der Waals surface area contributed by atoms with E-state index in [4.69, 9.17) is 10.00 Å². The number of amides is 1. The Morgan fingerprint density at radius 1 is 1.55 bits per heavy atom. The molecule has 0 aliphatic carbocycles. The molecular formula is C15H19N3O2. The number of ether oxygens (including phenoxy) is 1. The highest BCUT2D eigenvalue weighted by molar-refractivity contribution is 5.81. The topological polar surface area (TPSA) is 65.4 Å². The number of hydrogen-bond acceptors (Lipinski definition) is 4. The van der Waals surface area contributed by atoms with E-state index in [1.54, 1.807) is 7.05 Å². The standard InChI is InChI=1S/C15H19N3O2/c1-17-15(19)14-11-20-10-9-18(14)13(7-8-16)12-5-3-2-4-6-12/h2-6,13-14H,7,9-11H2,1H3,(H,17,19). The normalized spacial score (nSPS) is 20.9. The molecule has 2 rings (SSSR count). The molecule has 0 bridgehead atoms. The molecule has 106 valence electrons. The molecule has 5 nitrogen and oxygen atoms in total. The molecule has 1 saturated heterocycles. The van der Waals surface area contributed by atoms with E-state index in [-0.39, 0.29) is 18.0 Å². The van der Waals surface area contributed by atoms with Gasteiger partial charge in [-0.1, -0.05) is 30.3 Å². The van der Waals surface area contributed by atoms with Crippen molar-refractivity contribution in [3.05, 3.63) is 35.9 Å².